The van der Waals surface area contributed by atoms with Gasteiger partial charge in [0, 0.05) is 0 Å². The molecule has 0 radical (unpaired) electrons. The van der Waals surface area contributed by atoms with Crippen LogP contribution in [0.15, 0.2) is 10.9 Å². The van der Waals surface area contributed by atoms with Crippen LogP contribution in [0.4, 0.5) is 14.6 Å². The molecule has 2 N–H and O–H groups in total. The van der Waals surface area contributed by atoms with Crippen LogP contribution < -0.4 is 5.32 Å². The van der Waals surface area contributed by atoms with Gasteiger partial charge < -0.3 is 5.32 Å². The second-order valence-electron chi connectivity index (χ2n) is 2.73. The summed E-state index contributed by atoms with van der Waals surface area (Å²) in [5, 5.41) is 9.59. The largest absolute Gasteiger partial charge is 0.364 e. The van der Waals surface area contributed by atoms with Crippen LogP contribution in [0, 0.1) is 0 Å². The molecule has 0 spiro atoms. The zero-order valence-electron chi connectivity index (χ0n) is 7.34. The molecule has 0 saturated carbocycles. The zero-order chi connectivity index (χ0) is 10.8. The van der Waals surface area contributed by atoms with E-state index in [0.717, 1.165) is 0 Å². The molecule has 0 atom stereocenters. The number of rotatable bonds is 3. The molecule has 0 aliphatic rings. The van der Waals surface area contributed by atoms with Crippen molar-refractivity contribution in [1.82, 2.24) is 20.2 Å². The van der Waals surface area contributed by atoms with E-state index >= 15 is 0 Å². The van der Waals surface area contributed by atoms with Gasteiger partial charge in [-0.3, -0.25) is 5.10 Å². The Kier molecular flexibility index (Phi) is 2.76. The second kappa shape index (κ2) is 4.05. The third kappa shape index (κ3) is 2.04. The van der Waals surface area contributed by atoms with E-state index < -0.39 is 13.0 Å². The van der Waals surface area contributed by atoms with Gasteiger partial charge >= 0.3 is 0 Å². The molecule has 2 aromatic rings. The second-order valence-corrected chi connectivity index (χ2v) is 3.52. The minimum absolute atomic E-state index is 0.334. The number of nitrogens with zero attached hydrogens (tertiary/aromatic N) is 3. The quantitative estimate of drug-likeness (QED) is 0.898. The lowest BCUT2D eigenvalue weighted by Crippen LogP contribution is -2.11. The van der Waals surface area contributed by atoms with Crippen LogP contribution in [0.25, 0.3) is 11.0 Å². The van der Waals surface area contributed by atoms with Gasteiger partial charge in [-0.1, -0.05) is 0 Å². The Morgan fingerprint density at radius 1 is 1.47 bits per heavy atom. The summed E-state index contributed by atoms with van der Waals surface area (Å²) in [7, 11) is 0. The highest BCUT2D eigenvalue weighted by molar-refractivity contribution is 9.10. The van der Waals surface area contributed by atoms with Crippen molar-refractivity contribution in [2.24, 2.45) is 0 Å². The van der Waals surface area contributed by atoms with Gasteiger partial charge in [-0.2, -0.15) is 5.10 Å². The van der Waals surface area contributed by atoms with E-state index in [1.807, 2.05) is 0 Å². The van der Waals surface area contributed by atoms with Gasteiger partial charge in [0.05, 0.1) is 11.9 Å². The first-order valence-corrected chi connectivity index (χ1v) is 4.84. The van der Waals surface area contributed by atoms with Gasteiger partial charge in [0.1, 0.15) is 16.7 Å². The normalized spacial score (nSPS) is 11.2. The predicted octanol–water partition coefficient (Wildman–Crippen LogP) is 1.79. The summed E-state index contributed by atoms with van der Waals surface area (Å²) >= 11 is 3.20. The van der Waals surface area contributed by atoms with Gasteiger partial charge in [0.15, 0.2) is 5.65 Å². The summed E-state index contributed by atoms with van der Waals surface area (Å²) in [5.74, 6) is 0.334. The van der Waals surface area contributed by atoms with Crippen molar-refractivity contribution < 1.29 is 8.78 Å². The summed E-state index contributed by atoms with van der Waals surface area (Å²) in [6.07, 6.45) is -1.16. The van der Waals surface area contributed by atoms with Crippen LogP contribution in [0.2, 0.25) is 0 Å². The predicted molar refractivity (Wildman–Crippen MR) is 53.9 cm³/mol. The molecule has 2 aromatic heterocycles. The van der Waals surface area contributed by atoms with Crippen molar-refractivity contribution in [2.45, 2.75) is 6.43 Å². The molecule has 0 bridgehead atoms. The van der Waals surface area contributed by atoms with Crippen LogP contribution in [0.3, 0.4) is 0 Å². The summed E-state index contributed by atoms with van der Waals surface area (Å²) in [6.45, 7) is -0.455. The molecule has 2 rings (SSSR count). The molecule has 5 nitrogen and oxygen atoms in total. The summed E-state index contributed by atoms with van der Waals surface area (Å²) < 4.78 is 24.6. The fraction of sp³-hybridized carbons (Fsp3) is 0.286. The Morgan fingerprint density at radius 3 is 3.00 bits per heavy atom. The number of anilines is 1. The van der Waals surface area contributed by atoms with Gasteiger partial charge in [0.25, 0.3) is 6.43 Å². The molecule has 0 unspecified atom stereocenters. The molecule has 2 heterocycles. The lowest BCUT2D eigenvalue weighted by Gasteiger charge is -2.04. The van der Waals surface area contributed by atoms with Crippen LogP contribution in [-0.2, 0) is 0 Å². The minimum Gasteiger partial charge on any atom is -0.364 e. The highest BCUT2D eigenvalue weighted by atomic mass is 79.9. The number of alkyl halides is 2. The number of aromatic nitrogens is 4. The van der Waals surface area contributed by atoms with E-state index in [1.165, 1.54) is 6.33 Å². The van der Waals surface area contributed by atoms with Crippen LogP contribution >= 0.6 is 15.9 Å². The van der Waals surface area contributed by atoms with E-state index in [9.17, 15) is 8.78 Å². The average molecular weight is 278 g/mol. The first kappa shape index (κ1) is 10.2. The fourth-order valence-electron chi connectivity index (χ4n) is 1.13. The van der Waals surface area contributed by atoms with Crippen LogP contribution in [0.1, 0.15) is 0 Å². The number of halogens is 3. The van der Waals surface area contributed by atoms with Crippen LogP contribution in [-0.4, -0.2) is 33.1 Å². The number of aromatic amines is 1. The molecule has 0 aromatic carbocycles. The maximum Gasteiger partial charge on any atom is 0.255 e. The Labute approximate surface area is 91.4 Å². The molecule has 0 fully saturated rings. The highest BCUT2D eigenvalue weighted by Crippen LogP contribution is 2.25. The maximum atomic E-state index is 12.0. The van der Waals surface area contributed by atoms with E-state index in [1.54, 1.807) is 0 Å². The third-order valence-corrected chi connectivity index (χ3v) is 2.30. The van der Waals surface area contributed by atoms with Crippen molar-refractivity contribution in [1.29, 1.82) is 0 Å². The zero-order valence-corrected chi connectivity index (χ0v) is 8.92. The van der Waals surface area contributed by atoms with Gasteiger partial charge in [-0.25, -0.2) is 18.7 Å². The van der Waals surface area contributed by atoms with Gasteiger partial charge in [-0.15, -0.1) is 0 Å². The van der Waals surface area contributed by atoms with Crippen molar-refractivity contribution in [2.75, 3.05) is 11.9 Å². The standard InChI is InChI=1S/C7H6BrF2N5/c8-5-4-6(11-1-3(9)10)12-2-13-7(4)15-14-5/h2-3H,1H2,(H2,11,12,13,14,15). The van der Waals surface area contributed by atoms with E-state index in [0.29, 0.717) is 21.5 Å². The first-order valence-electron chi connectivity index (χ1n) is 4.05. The first-order chi connectivity index (χ1) is 7.18. The highest BCUT2D eigenvalue weighted by Gasteiger charge is 2.11. The third-order valence-electron chi connectivity index (χ3n) is 1.73. The van der Waals surface area contributed by atoms with Gasteiger partial charge in [0.2, 0.25) is 0 Å². The molecule has 0 aliphatic carbocycles. The van der Waals surface area contributed by atoms with E-state index in [-0.39, 0.29) is 0 Å². The van der Waals surface area contributed by atoms with Crippen molar-refractivity contribution in [3.63, 3.8) is 0 Å². The SMILES string of the molecule is FC(F)CNc1ncnc2n[nH]c(Br)c12. The molecule has 0 saturated heterocycles. The van der Waals surface area contributed by atoms with Crippen molar-refractivity contribution in [3.05, 3.63) is 10.9 Å². The lowest BCUT2D eigenvalue weighted by molar-refractivity contribution is 0.163. The molecule has 0 aliphatic heterocycles. The Balaban J connectivity index is 2.37. The molecule has 0 amide bonds. The molecular weight excluding hydrogens is 272 g/mol. The molecule has 8 heteroatoms. The summed E-state index contributed by atoms with van der Waals surface area (Å²) in [5.41, 5.74) is 0.425. The minimum atomic E-state index is -2.43. The average Bonchev–Trinajstić information content (AvgIpc) is 2.58. The number of H-pyrrole nitrogens is 1. The Bertz CT molecular complexity index is 471. The van der Waals surface area contributed by atoms with E-state index in [2.05, 4.69) is 41.4 Å². The Morgan fingerprint density at radius 2 is 2.27 bits per heavy atom. The number of fused-ring (bicyclic) bond motifs is 1. The lowest BCUT2D eigenvalue weighted by atomic mass is 10.4. The van der Waals surface area contributed by atoms with Crippen molar-refractivity contribution in [3.8, 4) is 0 Å². The van der Waals surface area contributed by atoms with E-state index in [4.69, 9.17) is 0 Å². The smallest absolute Gasteiger partial charge is 0.255 e. The maximum absolute atomic E-state index is 12.0. The monoisotopic (exact) mass is 277 g/mol. The molecule has 15 heavy (non-hydrogen) atoms. The fourth-order valence-corrected chi connectivity index (χ4v) is 1.58. The number of hydrogen-bond acceptors (Lipinski definition) is 4. The number of hydrogen-bond donors (Lipinski definition) is 2. The topological polar surface area (TPSA) is 66.5 Å². The van der Waals surface area contributed by atoms with Crippen LogP contribution in [0.5, 0.6) is 0 Å². The molecular formula is C7H6BrF2N5. The number of nitrogens with one attached hydrogen (secondary N) is 2. The summed E-state index contributed by atoms with van der Waals surface area (Å²) in [4.78, 5) is 7.75. The van der Waals surface area contributed by atoms with Crippen molar-refractivity contribution >= 4 is 32.8 Å². The Hall–Kier alpha value is -1.31. The molecule has 80 valence electrons. The van der Waals surface area contributed by atoms with Gasteiger partial charge in [-0.05, 0) is 15.9 Å². The summed E-state index contributed by atoms with van der Waals surface area (Å²) in [6, 6.07) is 0.